The summed E-state index contributed by atoms with van der Waals surface area (Å²) in [6.07, 6.45) is 1.33. The monoisotopic (exact) mass is 497 g/mol. The molecule has 2 heterocycles. The van der Waals surface area contributed by atoms with Crippen LogP contribution in [0, 0.1) is 5.82 Å². The SMILES string of the molecule is CCCCN1C[C@H]2N(C(=O)CN(C)N2C(=O)NCc2ccc(F)cc2)[C@@H](Cc2ccc(O)cc2)C1=O. The molecule has 10 heteroatoms. The third kappa shape index (κ3) is 5.43. The number of benzene rings is 2. The van der Waals surface area contributed by atoms with Gasteiger partial charge in [-0.3, -0.25) is 9.59 Å². The van der Waals surface area contributed by atoms with Crippen LogP contribution >= 0.6 is 0 Å². The van der Waals surface area contributed by atoms with E-state index in [0.29, 0.717) is 6.54 Å². The fourth-order valence-corrected chi connectivity index (χ4v) is 4.77. The summed E-state index contributed by atoms with van der Waals surface area (Å²) in [5.41, 5.74) is 1.55. The van der Waals surface area contributed by atoms with E-state index in [1.165, 1.54) is 22.0 Å². The highest BCUT2D eigenvalue weighted by Gasteiger charge is 2.50. The molecular weight excluding hydrogens is 465 g/mol. The molecule has 2 aliphatic heterocycles. The maximum absolute atomic E-state index is 13.5. The number of hydrogen-bond donors (Lipinski definition) is 2. The number of hydrazine groups is 1. The summed E-state index contributed by atoms with van der Waals surface area (Å²) in [7, 11) is 1.68. The molecule has 2 N–H and O–H groups in total. The van der Waals surface area contributed by atoms with Crippen molar-refractivity contribution in [3.8, 4) is 5.75 Å². The number of halogens is 1. The minimum atomic E-state index is -0.765. The van der Waals surface area contributed by atoms with Gasteiger partial charge in [0.05, 0.1) is 13.1 Å². The molecule has 2 saturated heterocycles. The highest BCUT2D eigenvalue weighted by atomic mass is 19.1. The zero-order valence-electron chi connectivity index (χ0n) is 20.6. The molecule has 0 saturated carbocycles. The van der Waals surface area contributed by atoms with E-state index in [-0.39, 0.29) is 49.4 Å². The van der Waals surface area contributed by atoms with Crippen LogP contribution in [0.2, 0.25) is 0 Å². The minimum absolute atomic E-state index is 0.0468. The van der Waals surface area contributed by atoms with Gasteiger partial charge in [0.15, 0.2) is 0 Å². The zero-order chi connectivity index (χ0) is 25.8. The lowest BCUT2D eigenvalue weighted by molar-refractivity contribution is -0.186. The summed E-state index contributed by atoms with van der Waals surface area (Å²) in [4.78, 5) is 43.4. The fraction of sp³-hybridized carbons (Fsp3) is 0.423. The lowest BCUT2D eigenvalue weighted by atomic mass is 9.98. The average molecular weight is 498 g/mol. The van der Waals surface area contributed by atoms with Crippen molar-refractivity contribution in [2.24, 2.45) is 0 Å². The number of unbranched alkanes of at least 4 members (excludes halogenated alkanes) is 1. The second kappa shape index (κ2) is 10.9. The number of fused-ring (bicyclic) bond motifs is 1. The van der Waals surface area contributed by atoms with Crippen molar-refractivity contribution >= 4 is 17.8 Å². The molecule has 2 aromatic carbocycles. The predicted molar refractivity (Wildman–Crippen MR) is 131 cm³/mol. The molecular formula is C26H32FN5O4. The molecule has 36 heavy (non-hydrogen) atoms. The number of nitrogens with one attached hydrogen (secondary N) is 1. The van der Waals surface area contributed by atoms with E-state index < -0.39 is 18.2 Å². The second-order valence-corrected chi connectivity index (χ2v) is 9.25. The van der Waals surface area contributed by atoms with Crippen LogP contribution in [0.1, 0.15) is 30.9 Å². The number of aromatic hydroxyl groups is 1. The third-order valence-corrected chi connectivity index (χ3v) is 6.65. The quantitative estimate of drug-likeness (QED) is 0.612. The van der Waals surface area contributed by atoms with Crippen LogP contribution in [0.3, 0.4) is 0 Å². The van der Waals surface area contributed by atoms with E-state index in [1.54, 1.807) is 53.4 Å². The Kier molecular flexibility index (Phi) is 7.73. The van der Waals surface area contributed by atoms with Gasteiger partial charge in [-0.05, 0) is 41.8 Å². The van der Waals surface area contributed by atoms with Crippen molar-refractivity contribution < 1.29 is 23.9 Å². The molecule has 0 aromatic heterocycles. The number of piperazine rings is 1. The van der Waals surface area contributed by atoms with Gasteiger partial charge in [0.2, 0.25) is 11.8 Å². The highest BCUT2D eigenvalue weighted by Crippen LogP contribution is 2.28. The number of carbonyl (C=O) groups excluding carboxylic acids is 3. The molecule has 4 rings (SSSR count). The van der Waals surface area contributed by atoms with Gasteiger partial charge >= 0.3 is 6.03 Å². The Balaban J connectivity index is 1.60. The summed E-state index contributed by atoms with van der Waals surface area (Å²) in [5, 5.41) is 15.6. The number of phenols is 1. The van der Waals surface area contributed by atoms with Crippen molar-refractivity contribution in [3.05, 3.63) is 65.5 Å². The molecule has 9 nitrogen and oxygen atoms in total. The first-order valence-electron chi connectivity index (χ1n) is 12.2. The number of phenolic OH excluding ortho intramolecular Hbond substituents is 1. The number of nitrogens with zero attached hydrogens (tertiary/aromatic N) is 4. The van der Waals surface area contributed by atoms with Gasteiger partial charge in [0.25, 0.3) is 0 Å². The van der Waals surface area contributed by atoms with Gasteiger partial charge in [0, 0.05) is 26.6 Å². The molecule has 2 aromatic rings. The molecule has 4 amide bonds. The Labute approximate surface area is 210 Å². The van der Waals surface area contributed by atoms with Gasteiger partial charge in [-0.2, -0.15) is 0 Å². The van der Waals surface area contributed by atoms with Crippen LogP contribution in [0.5, 0.6) is 5.75 Å². The van der Waals surface area contributed by atoms with E-state index in [2.05, 4.69) is 5.32 Å². The average Bonchev–Trinajstić information content (AvgIpc) is 2.85. The summed E-state index contributed by atoms with van der Waals surface area (Å²) in [5.74, 6) is -0.598. The molecule has 2 fully saturated rings. The highest BCUT2D eigenvalue weighted by molar-refractivity contribution is 5.91. The number of likely N-dealkylation sites (N-methyl/N-ethyl adjacent to an activating group) is 1. The predicted octanol–water partition coefficient (Wildman–Crippen LogP) is 2.31. The van der Waals surface area contributed by atoms with E-state index in [1.807, 2.05) is 6.92 Å². The molecule has 2 atom stereocenters. The number of hydrogen-bond acceptors (Lipinski definition) is 5. The van der Waals surface area contributed by atoms with Gasteiger partial charge in [0.1, 0.15) is 23.8 Å². The summed E-state index contributed by atoms with van der Waals surface area (Å²) < 4.78 is 13.2. The Bertz CT molecular complexity index is 1090. The normalized spacial score (nSPS) is 20.5. The van der Waals surface area contributed by atoms with E-state index in [4.69, 9.17) is 0 Å². The van der Waals surface area contributed by atoms with E-state index >= 15 is 0 Å². The zero-order valence-corrected chi connectivity index (χ0v) is 20.6. The maximum atomic E-state index is 13.5. The van der Waals surface area contributed by atoms with Gasteiger partial charge in [-0.25, -0.2) is 19.2 Å². The molecule has 2 aliphatic rings. The van der Waals surface area contributed by atoms with Crippen molar-refractivity contribution in [2.75, 3.05) is 26.7 Å². The molecule has 0 spiro atoms. The Morgan fingerprint density at radius 3 is 2.42 bits per heavy atom. The van der Waals surface area contributed by atoms with Gasteiger partial charge in [-0.15, -0.1) is 0 Å². The standard InChI is InChI=1S/C26H32FN5O4/c1-3-4-13-30-16-23-31(22(25(30)35)14-18-7-11-21(33)12-8-18)24(34)17-29(2)32(23)26(36)28-15-19-5-9-20(27)10-6-19/h5-12,22-23,33H,3-4,13-17H2,1-2H3,(H,28,36)/t22-,23-/m0/s1. The Morgan fingerprint density at radius 1 is 1.08 bits per heavy atom. The first-order valence-corrected chi connectivity index (χ1v) is 12.2. The van der Waals surface area contributed by atoms with Gasteiger partial charge in [-0.1, -0.05) is 37.6 Å². The number of amides is 4. The topological polar surface area (TPSA) is 96.4 Å². The second-order valence-electron chi connectivity index (χ2n) is 9.25. The third-order valence-electron chi connectivity index (χ3n) is 6.65. The Hall–Kier alpha value is -3.66. The van der Waals surface area contributed by atoms with Crippen molar-refractivity contribution in [1.29, 1.82) is 0 Å². The first kappa shape index (κ1) is 25.4. The summed E-state index contributed by atoms with van der Waals surface area (Å²) in [6, 6.07) is 11.3. The largest absolute Gasteiger partial charge is 0.508 e. The van der Waals surface area contributed by atoms with Crippen molar-refractivity contribution in [2.45, 2.75) is 44.9 Å². The van der Waals surface area contributed by atoms with Crippen molar-refractivity contribution in [1.82, 2.24) is 25.1 Å². The summed E-state index contributed by atoms with van der Waals surface area (Å²) in [6.45, 7) is 2.94. The molecule has 0 bridgehead atoms. The minimum Gasteiger partial charge on any atom is -0.508 e. The van der Waals surface area contributed by atoms with Crippen LogP contribution in [-0.2, 0) is 22.6 Å². The van der Waals surface area contributed by atoms with E-state index in [9.17, 15) is 23.9 Å². The van der Waals surface area contributed by atoms with Crippen LogP contribution in [0.25, 0.3) is 0 Å². The Morgan fingerprint density at radius 2 is 1.75 bits per heavy atom. The number of carbonyl (C=O) groups is 3. The smallest absolute Gasteiger partial charge is 0.334 e. The lowest BCUT2D eigenvalue weighted by Gasteiger charge is -2.54. The van der Waals surface area contributed by atoms with Crippen LogP contribution in [0.4, 0.5) is 9.18 Å². The molecule has 0 radical (unpaired) electrons. The van der Waals surface area contributed by atoms with Crippen LogP contribution < -0.4 is 5.32 Å². The number of rotatable bonds is 7. The first-order chi connectivity index (χ1) is 17.3. The fourth-order valence-electron chi connectivity index (χ4n) is 4.77. The van der Waals surface area contributed by atoms with Crippen LogP contribution in [0.15, 0.2) is 48.5 Å². The van der Waals surface area contributed by atoms with Gasteiger partial charge < -0.3 is 20.2 Å². The molecule has 0 aliphatic carbocycles. The number of urea groups is 1. The molecule has 192 valence electrons. The van der Waals surface area contributed by atoms with Crippen molar-refractivity contribution in [3.63, 3.8) is 0 Å². The summed E-state index contributed by atoms with van der Waals surface area (Å²) >= 11 is 0. The van der Waals surface area contributed by atoms with Crippen LogP contribution in [-0.4, -0.2) is 81.7 Å². The van der Waals surface area contributed by atoms with E-state index in [0.717, 1.165) is 24.0 Å². The molecule has 0 unspecified atom stereocenters. The lowest BCUT2D eigenvalue weighted by Crippen LogP contribution is -2.76. The maximum Gasteiger partial charge on any atom is 0.334 e.